The third-order valence-electron chi connectivity index (χ3n) is 3.92. The molecule has 1 saturated heterocycles. The van der Waals surface area contributed by atoms with Crippen molar-refractivity contribution in [2.24, 2.45) is 0 Å². The van der Waals surface area contributed by atoms with Crippen molar-refractivity contribution < 1.29 is 0 Å². The van der Waals surface area contributed by atoms with Crippen LogP contribution in [0.5, 0.6) is 0 Å². The molecule has 0 amide bonds. The summed E-state index contributed by atoms with van der Waals surface area (Å²) in [5, 5.41) is 4.43. The van der Waals surface area contributed by atoms with Crippen LogP contribution in [0.3, 0.4) is 0 Å². The zero-order valence-corrected chi connectivity index (χ0v) is 12.8. The topological polar surface area (TPSA) is 18.5 Å². The number of hydrogen-bond acceptors (Lipinski definition) is 3. The highest BCUT2D eigenvalue weighted by molar-refractivity contribution is 6.30. The highest BCUT2D eigenvalue weighted by atomic mass is 35.5. The Bertz CT molecular complexity index is 410. The van der Waals surface area contributed by atoms with E-state index in [0.717, 1.165) is 31.2 Å². The van der Waals surface area contributed by atoms with Crippen LogP contribution in [0.4, 0.5) is 0 Å². The first-order chi connectivity index (χ1) is 9.11. The fraction of sp³-hybridized carbons (Fsp3) is 0.600. The fourth-order valence-corrected chi connectivity index (χ4v) is 3.00. The van der Waals surface area contributed by atoms with Crippen molar-refractivity contribution in [1.82, 2.24) is 15.1 Å². The van der Waals surface area contributed by atoms with Gasteiger partial charge in [-0.05, 0) is 38.3 Å². The van der Waals surface area contributed by atoms with Crippen LogP contribution < -0.4 is 5.32 Å². The van der Waals surface area contributed by atoms with Crippen molar-refractivity contribution in [2.45, 2.75) is 19.0 Å². The van der Waals surface area contributed by atoms with E-state index >= 15 is 0 Å². The van der Waals surface area contributed by atoms with E-state index in [-0.39, 0.29) is 0 Å². The molecule has 1 aliphatic heterocycles. The molecule has 1 heterocycles. The van der Waals surface area contributed by atoms with Crippen molar-refractivity contribution >= 4 is 11.6 Å². The molecule has 2 atom stereocenters. The quantitative estimate of drug-likeness (QED) is 0.913. The molecule has 0 saturated carbocycles. The zero-order chi connectivity index (χ0) is 13.8. The second kappa shape index (κ2) is 6.71. The van der Waals surface area contributed by atoms with E-state index in [1.165, 1.54) is 5.56 Å². The predicted octanol–water partition coefficient (Wildman–Crippen LogP) is 2.24. The summed E-state index contributed by atoms with van der Waals surface area (Å²) >= 11 is 6.14. The van der Waals surface area contributed by atoms with E-state index < -0.39 is 0 Å². The molecule has 2 rings (SSSR count). The first-order valence-corrected chi connectivity index (χ1v) is 7.37. The van der Waals surface area contributed by atoms with Gasteiger partial charge in [-0.25, -0.2) is 0 Å². The minimum atomic E-state index is 0.330. The lowest BCUT2D eigenvalue weighted by Crippen LogP contribution is -2.55. The Hall–Kier alpha value is -0.610. The Morgan fingerprint density at radius 3 is 2.84 bits per heavy atom. The number of nitrogens with one attached hydrogen (secondary N) is 1. The van der Waals surface area contributed by atoms with Crippen LogP contribution in [0.15, 0.2) is 24.3 Å². The first kappa shape index (κ1) is 14.8. The summed E-state index contributed by atoms with van der Waals surface area (Å²) in [4.78, 5) is 4.85. The van der Waals surface area contributed by atoms with Gasteiger partial charge in [-0.3, -0.25) is 4.90 Å². The van der Waals surface area contributed by atoms with Crippen LogP contribution in [0, 0.1) is 0 Å². The van der Waals surface area contributed by atoms with E-state index in [9.17, 15) is 0 Å². The molecule has 4 heteroatoms. The van der Waals surface area contributed by atoms with Gasteiger partial charge < -0.3 is 10.2 Å². The highest BCUT2D eigenvalue weighted by Gasteiger charge is 2.30. The second-order valence-electron chi connectivity index (χ2n) is 5.40. The van der Waals surface area contributed by atoms with Crippen LogP contribution in [0.25, 0.3) is 0 Å². The molecule has 0 radical (unpaired) electrons. The number of piperazine rings is 1. The fourth-order valence-electron chi connectivity index (χ4n) is 2.80. The van der Waals surface area contributed by atoms with Gasteiger partial charge in [0.2, 0.25) is 0 Å². The maximum Gasteiger partial charge on any atom is 0.0491 e. The highest BCUT2D eigenvalue weighted by Crippen LogP contribution is 2.25. The van der Waals surface area contributed by atoms with Crippen molar-refractivity contribution in [2.75, 3.05) is 40.3 Å². The predicted molar refractivity (Wildman–Crippen MR) is 81.8 cm³/mol. The molecular weight excluding hydrogens is 258 g/mol. The Morgan fingerprint density at radius 2 is 2.16 bits per heavy atom. The van der Waals surface area contributed by atoms with Gasteiger partial charge in [-0.1, -0.05) is 30.7 Å². The number of halogens is 1. The van der Waals surface area contributed by atoms with Gasteiger partial charge in [0.25, 0.3) is 0 Å². The van der Waals surface area contributed by atoms with Gasteiger partial charge in [0, 0.05) is 36.7 Å². The smallest absolute Gasteiger partial charge is 0.0491 e. The van der Waals surface area contributed by atoms with Crippen LogP contribution in [-0.2, 0) is 0 Å². The van der Waals surface area contributed by atoms with Crippen molar-refractivity contribution in [3.05, 3.63) is 34.9 Å². The summed E-state index contributed by atoms with van der Waals surface area (Å²) in [6, 6.07) is 9.03. The van der Waals surface area contributed by atoms with Crippen LogP contribution in [0.2, 0.25) is 5.02 Å². The summed E-state index contributed by atoms with van der Waals surface area (Å²) in [6.45, 7) is 6.46. The van der Waals surface area contributed by atoms with Gasteiger partial charge in [0.1, 0.15) is 0 Å². The lowest BCUT2D eigenvalue weighted by atomic mass is 9.96. The third kappa shape index (κ3) is 3.69. The lowest BCUT2D eigenvalue weighted by molar-refractivity contribution is 0.0881. The first-order valence-electron chi connectivity index (χ1n) is 6.99. The van der Waals surface area contributed by atoms with E-state index in [0.29, 0.717) is 12.1 Å². The van der Waals surface area contributed by atoms with Gasteiger partial charge in [-0.2, -0.15) is 0 Å². The van der Waals surface area contributed by atoms with Gasteiger partial charge in [0.15, 0.2) is 0 Å². The minimum Gasteiger partial charge on any atom is -0.309 e. The standard InChI is InChI=1S/C15H24ClN3/c1-4-17-15(12-6-5-7-13(16)10-12)14-11-18(2)8-9-19(14)3/h5-7,10,14-15,17H,4,8-9,11H2,1-3H3. The molecular formula is C15H24ClN3. The molecule has 0 bridgehead atoms. The Morgan fingerprint density at radius 1 is 1.37 bits per heavy atom. The lowest BCUT2D eigenvalue weighted by Gasteiger charge is -2.42. The summed E-state index contributed by atoms with van der Waals surface area (Å²) in [5.74, 6) is 0. The number of nitrogens with zero attached hydrogens (tertiary/aromatic N) is 2. The normalized spacial score (nSPS) is 23.5. The van der Waals surface area contributed by atoms with Crippen molar-refractivity contribution in [3.8, 4) is 0 Å². The average Bonchev–Trinajstić information content (AvgIpc) is 2.39. The largest absolute Gasteiger partial charge is 0.309 e. The SMILES string of the molecule is CCNC(c1cccc(Cl)c1)C1CN(C)CCN1C. The zero-order valence-electron chi connectivity index (χ0n) is 12.1. The number of likely N-dealkylation sites (N-methyl/N-ethyl adjacent to an activating group) is 3. The Kier molecular flexibility index (Phi) is 5.22. The van der Waals surface area contributed by atoms with E-state index in [1.54, 1.807) is 0 Å². The minimum absolute atomic E-state index is 0.330. The molecule has 0 aliphatic carbocycles. The molecule has 106 valence electrons. The van der Waals surface area contributed by atoms with E-state index in [2.05, 4.69) is 48.3 Å². The number of hydrogen-bond donors (Lipinski definition) is 1. The molecule has 1 fully saturated rings. The van der Waals surface area contributed by atoms with E-state index in [4.69, 9.17) is 11.6 Å². The van der Waals surface area contributed by atoms with Crippen LogP contribution >= 0.6 is 11.6 Å². The molecule has 1 aliphatic rings. The number of benzene rings is 1. The van der Waals surface area contributed by atoms with Crippen LogP contribution in [-0.4, -0.2) is 56.1 Å². The maximum absolute atomic E-state index is 6.14. The maximum atomic E-state index is 6.14. The Balaban J connectivity index is 2.23. The van der Waals surface area contributed by atoms with Gasteiger partial charge >= 0.3 is 0 Å². The molecule has 1 aromatic rings. The second-order valence-corrected chi connectivity index (χ2v) is 5.84. The average molecular weight is 282 g/mol. The molecule has 1 N–H and O–H groups in total. The summed E-state index contributed by atoms with van der Waals surface area (Å²) in [7, 11) is 4.41. The van der Waals surface area contributed by atoms with Gasteiger partial charge in [-0.15, -0.1) is 0 Å². The molecule has 1 aromatic carbocycles. The van der Waals surface area contributed by atoms with E-state index in [1.807, 2.05) is 12.1 Å². The summed E-state index contributed by atoms with van der Waals surface area (Å²) in [5.41, 5.74) is 1.28. The molecule has 0 aromatic heterocycles. The summed E-state index contributed by atoms with van der Waals surface area (Å²) in [6.07, 6.45) is 0. The summed E-state index contributed by atoms with van der Waals surface area (Å²) < 4.78 is 0. The van der Waals surface area contributed by atoms with Crippen molar-refractivity contribution in [3.63, 3.8) is 0 Å². The number of rotatable bonds is 4. The molecule has 3 nitrogen and oxygen atoms in total. The molecule has 2 unspecified atom stereocenters. The third-order valence-corrected chi connectivity index (χ3v) is 4.15. The van der Waals surface area contributed by atoms with Crippen molar-refractivity contribution in [1.29, 1.82) is 0 Å². The van der Waals surface area contributed by atoms with Gasteiger partial charge in [0.05, 0.1) is 0 Å². The molecule has 19 heavy (non-hydrogen) atoms. The Labute approximate surface area is 121 Å². The monoisotopic (exact) mass is 281 g/mol. The molecule has 0 spiro atoms. The van der Waals surface area contributed by atoms with Crippen LogP contribution in [0.1, 0.15) is 18.5 Å².